The van der Waals surface area contributed by atoms with Crippen molar-refractivity contribution < 1.29 is 9.53 Å². The fraction of sp³-hybridized carbons (Fsp3) is 0.250. The lowest BCUT2D eigenvalue weighted by atomic mass is 10.3. The van der Waals surface area contributed by atoms with Gasteiger partial charge in [0.1, 0.15) is 5.82 Å². The number of anilines is 2. The van der Waals surface area contributed by atoms with E-state index in [2.05, 4.69) is 15.3 Å². The summed E-state index contributed by atoms with van der Waals surface area (Å²) in [6.45, 7) is 2.18. The molecule has 0 spiro atoms. The number of carbonyl (C=O) groups is 1. The average molecular weight is 300 g/mol. The molecule has 2 rings (SSSR count). The van der Waals surface area contributed by atoms with Crippen LogP contribution in [0, 0.1) is 0 Å². The number of pyridine rings is 1. The largest absolute Gasteiger partial charge is 0.466 e. The summed E-state index contributed by atoms with van der Waals surface area (Å²) in [6, 6.07) is 5.59. The van der Waals surface area contributed by atoms with Gasteiger partial charge >= 0.3 is 5.97 Å². The van der Waals surface area contributed by atoms with Crippen LogP contribution in [0.3, 0.4) is 0 Å². The van der Waals surface area contributed by atoms with Crippen molar-refractivity contribution in [1.29, 1.82) is 0 Å². The van der Waals surface area contributed by atoms with Crippen LogP contribution in [0.2, 0.25) is 0 Å². The Balaban J connectivity index is 0.00000180. The third kappa shape index (κ3) is 4.84. The summed E-state index contributed by atoms with van der Waals surface area (Å²) < 4.78 is 4.87. The molecule has 0 unspecified atom stereocenters. The quantitative estimate of drug-likeness (QED) is 0.860. The number of ether oxygens (including phenoxy) is 1. The summed E-state index contributed by atoms with van der Waals surface area (Å²) in [5, 5.41) is 5.62. The molecule has 102 valence electrons. The van der Waals surface area contributed by atoms with Gasteiger partial charge in [-0.15, -0.1) is 23.7 Å². The number of nitrogens with one attached hydrogen (secondary N) is 1. The minimum absolute atomic E-state index is 0. The van der Waals surface area contributed by atoms with Crippen LogP contribution >= 0.6 is 23.7 Å². The third-order valence-corrected chi connectivity index (χ3v) is 2.89. The maximum Gasteiger partial charge on any atom is 0.311 e. The third-order valence-electron chi connectivity index (χ3n) is 2.08. The smallest absolute Gasteiger partial charge is 0.311 e. The van der Waals surface area contributed by atoms with Crippen LogP contribution in [0.25, 0.3) is 0 Å². The lowest BCUT2D eigenvalue weighted by Gasteiger charge is -2.00. The molecular weight excluding hydrogens is 286 g/mol. The van der Waals surface area contributed by atoms with Crippen molar-refractivity contribution in [3.8, 4) is 0 Å². The molecule has 5 nitrogen and oxygen atoms in total. The highest BCUT2D eigenvalue weighted by Gasteiger charge is 2.08. The van der Waals surface area contributed by atoms with Crippen molar-refractivity contribution >= 4 is 40.7 Å². The predicted molar refractivity (Wildman–Crippen MR) is 77.2 cm³/mol. The zero-order chi connectivity index (χ0) is 12.8. The Morgan fingerprint density at radius 2 is 2.32 bits per heavy atom. The van der Waals surface area contributed by atoms with Crippen molar-refractivity contribution in [3.63, 3.8) is 0 Å². The van der Waals surface area contributed by atoms with Crippen molar-refractivity contribution in [2.75, 3.05) is 11.9 Å². The van der Waals surface area contributed by atoms with Crippen LogP contribution in [0.4, 0.5) is 10.9 Å². The second kappa shape index (κ2) is 7.70. The Morgan fingerprint density at radius 3 is 3.00 bits per heavy atom. The standard InChI is InChI=1S/C12H13N3O2S.ClH/c1-2-17-11(16)7-9-8-18-12(14-9)15-10-5-3-4-6-13-10;/h3-6,8H,2,7H2,1H3,(H,13,14,15);1H. The van der Waals surface area contributed by atoms with Crippen LogP contribution in [0.1, 0.15) is 12.6 Å². The van der Waals surface area contributed by atoms with Crippen LogP contribution in [0.5, 0.6) is 0 Å². The monoisotopic (exact) mass is 299 g/mol. The molecule has 2 heterocycles. The molecule has 0 aliphatic heterocycles. The first-order valence-electron chi connectivity index (χ1n) is 5.56. The SMILES string of the molecule is CCOC(=O)Cc1csc(Nc2ccccn2)n1.Cl. The average Bonchev–Trinajstić information content (AvgIpc) is 2.78. The van der Waals surface area contributed by atoms with Crippen molar-refractivity contribution in [3.05, 3.63) is 35.5 Å². The molecule has 0 atom stereocenters. The number of rotatable bonds is 5. The van der Waals surface area contributed by atoms with Crippen molar-refractivity contribution in [2.45, 2.75) is 13.3 Å². The molecular formula is C12H14ClN3O2S. The molecule has 2 aromatic rings. The van der Waals surface area contributed by atoms with Crippen molar-refractivity contribution in [1.82, 2.24) is 9.97 Å². The van der Waals surface area contributed by atoms with Gasteiger partial charge in [0.05, 0.1) is 18.7 Å². The summed E-state index contributed by atoms with van der Waals surface area (Å²) in [7, 11) is 0. The minimum atomic E-state index is -0.257. The number of nitrogens with zero attached hydrogens (tertiary/aromatic N) is 2. The van der Waals surface area contributed by atoms with E-state index in [1.54, 1.807) is 13.1 Å². The fourth-order valence-corrected chi connectivity index (χ4v) is 2.07. The molecule has 7 heteroatoms. The van der Waals surface area contributed by atoms with Crippen LogP contribution in [-0.4, -0.2) is 22.5 Å². The summed E-state index contributed by atoms with van der Waals surface area (Å²) in [5.74, 6) is 0.474. The van der Waals surface area contributed by atoms with E-state index in [-0.39, 0.29) is 24.8 Å². The summed E-state index contributed by atoms with van der Waals surface area (Å²) in [6.07, 6.45) is 1.91. The highest BCUT2D eigenvalue weighted by molar-refractivity contribution is 7.13. The van der Waals surface area contributed by atoms with Crippen LogP contribution < -0.4 is 5.32 Å². The molecule has 0 radical (unpaired) electrons. The molecule has 0 aliphatic rings. The molecule has 0 saturated heterocycles. The maximum atomic E-state index is 11.3. The Morgan fingerprint density at radius 1 is 1.47 bits per heavy atom. The lowest BCUT2D eigenvalue weighted by Crippen LogP contribution is -2.07. The summed E-state index contributed by atoms with van der Waals surface area (Å²) >= 11 is 1.43. The summed E-state index contributed by atoms with van der Waals surface area (Å²) in [4.78, 5) is 19.7. The van der Waals surface area contributed by atoms with Crippen LogP contribution in [-0.2, 0) is 16.0 Å². The van der Waals surface area contributed by atoms with Gasteiger partial charge in [0.25, 0.3) is 0 Å². The van der Waals surface area contributed by atoms with E-state index in [9.17, 15) is 4.79 Å². The van der Waals surface area contributed by atoms with Gasteiger partial charge in [-0.3, -0.25) is 4.79 Å². The lowest BCUT2D eigenvalue weighted by molar-refractivity contribution is -0.142. The Hall–Kier alpha value is -1.66. The van der Waals surface area contributed by atoms with E-state index in [0.29, 0.717) is 17.4 Å². The fourth-order valence-electron chi connectivity index (χ4n) is 1.35. The predicted octanol–water partition coefficient (Wildman–Crippen LogP) is 2.81. The van der Waals surface area contributed by atoms with Crippen LogP contribution in [0.15, 0.2) is 29.8 Å². The van der Waals surface area contributed by atoms with Gasteiger partial charge in [-0.2, -0.15) is 0 Å². The van der Waals surface area contributed by atoms with E-state index in [0.717, 1.165) is 5.82 Å². The van der Waals surface area contributed by atoms with Gasteiger partial charge in [0, 0.05) is 11.6 Å². The number of aromatic nitrogens is 2. The first kappa shape index (κ1) is 15.4. The van der Waals surface area contributed by atoms with E-state index in [1.807, 2.05) is 23.6 Å². The maximum absolute atomic E-state index is 11.3. The zero-order valence-electron chi connectivity index (χ0n) is 10.3. The first-order valence-corrected chi connectivity index (χ1v) is 6.44. The van der Waals surface area contributed by atoms with Gasteiger partial charge < -0.3 is 10.1 Å². The molecule has 0 bridgehead atoms. The van der Waals surface area contributed by atoms with E-state index in [1.165, 1.54) is 11.3 Å². The second-order valence-corrected chi connectivity index (χ2v) is 4.32. The van der Waals surface area contributed by atoms with Gasteiger partial charge in [-0.05, 0) is 19.1 Å². The van der Waals surface area contributed by atoms with Crippen molar-refractivity contribution in [2.24, 2.45) is 0 Å². The van der Waals surface area contributed by atoms with E-state index < -0.39 is 0 Å². The zero-order valence-corrected chi connectivity index (χ0v) is 12.0. The minimum Gasteiger partial charge on any atom is -0.466 e. The second-order valence-electron chi connectivity index (χ2n) is 3.47. The van der Waals surface area contributed by atoms with E-state index >= 15 is 0 Å². The molecule has 0 saturated carbocycles. The molecule has 0 aromatic carbocycles. The number of carbonyl (C=O) groups excluding carboxylic acids is 1. The molecule has 19 heavy (non-hydrogen) atoms. The Bertz CT molecular complexity index is 519. The van der Waals surface area contributed by atoms with Gasteiger partial charge in [-0.1, -0.05) is 6.07 Å². The molecule has 0 amide bonds. The Kier molecular flexibility index (Phi) is 6.24. The molecule has 2 aromatic heterocycles. The number of thiazole rings is 1. The normalized spacial score (nSPS) is 9.53. The summed E-state index contributed by atoms with van der Waals surface area (Å²) in [5.41, 5.74) is 0.705. The topological polar surface area (TPSA) is 64.1 Å². The van der Waals surface area contributed by atoms with Gasteiger partial charge in [0.15, 0.2) is 5.13 Å². The van der Waals surface area contributed by atoms with Gasteiger partial charge in [-0.25, -0.2) is 9.97 Å². The molecule has 1 N–H and O–H groups in total. The molecule has 0 aliphatic carbocycles. The number of hydrogen-bond donors (Lipinski definition) is 1. The highest BCUT2D eigenvalue weighted by atomic mass is 35.5. The number of esters is 1. The first-order chi connectivity index (χ1) is 8.78. The molecule has 0 fully saturated rings. The number of hydrogen-bond acceptors (Lipinski definition) is 6. The Labute approximate surface area is 121 Å². The van der Waals surface area contributed by atoms with Gasteiger partial charge in [0.2, 0.25) is 0 Å². The van der Waals surface area contributed by atoms with E-state index in [4.69, 9.17) is 4.74 Å². The highest BCUT2D eigenvalue weighted by Crippen LogP contribution is 2.19. The number of halogens is 1.